The average Bonchev–Trinajstić information content (AvgIpc) is 3.54. The van der Waals surface area contributed by atoms with Crippen molar-refractivity contribution in [2.24, 2.45) is 51.3 Å². The van der Waals surface area contributed by atoms with Gasteiger partial charge in [-0.2, -0.15) is 0 Å². The lowest BCUT2D eigenvalue weighted by molar-refractivity contribution is -0.0581. The molecule has 0 radical (unpaired) electrons. The Kier molecular flexibility index (Phi) is 8.88. The standard InChI is InChI=1S/C33H56N4O2/c1-22(2)7-6-8-23(3)27-11-12-28-26-10-9-24-21-25(13-15-32(24,4)29(26)14-16-33(27,28)5)39-31(38)37-20-19-36-30-34-17-18-35-30/h9,22-23,25-29H,6-8,10-21H2,1-5H3,(H,37,38)(H2,34,35,36)/t23-,25+,26+,27-,28+,29?,32+,33-/m1/s1. The first-order chi connectivity index (χ1) is 18.7. The number of nitrogens with zero attached hydrogens (tertiary/aromatic N) is 1. The zero-order chi connectivity index (χ0) is 27.6. The first-order valence-corrected chi connectivity index (χ1v) is 16.4. The van der Waals surface area contributed by atoms with E-state index >= 15 is 0 Å². The Hall–Kier alpha value is -1.72. The van der Waals surface area contributed by atoms with E-state index in [9.17, 15) is 4.79 Å². The van der Waals surface area contributed by atoms with E-state index in [1.165, 1.54) is 51.4 Å². The number of hydrogen-bond acceptors (Lipinski definition) is 5. The molecule has 8 atom stereocenters. The van der Waals surface area contributed by atoms with E-state index in [0.717, 1.165) is 73.8 Å². The third kappa shape index (κ3) is 6.00. The van der Waals surface area contributed by atoms with Crippen LogP contribution in [0.2, 0.25) is 0 Å². The SMILES string of the molecule is CC(C)CCC[C@@H](C)[C@H]1CC[C@H]2[C@@H]3CC=C4C[C@@H](OC(=O)NCCNC5=NCCN5)CC[C@]4(C)C3CC[C@]12C. The lowest BCUT2D eigenvalue weighted by Crippen LogP contribution is -2.51. The topological polar surface area (TPSA) is 74.8 Å². The Morgan fingerprint density at radius 2 is 1.95 bits per heavy atom. The van der Waals surface area contributed by atoms with Crippen LogP contribution in [0.25, 0.3) is 0 Å². The first-order valence-electron chi connectivity index (χ1n) is 16.4. The van der Waals surface area contributed by atoms with Crippen LogP contribution < -0.4 is 16.0 Å². The van der Waals surface area contributed by atoms with Gasteiger partial charge < -0.3 is 20.7 Å². The molecule has 0 aromatic heterocycles. The number of ether oxygens (including phenoxy) is 1. The summed E-state index contributed by atoms with van der Waals surface area (Å²) in [4.78, 5) is 16.8. The van der Waals surface area contributed by atoms with Gasteiger partial charge in [0.05, 0.1) is 6.54 Å². The minimum Gasteiger partial charge on any atom is -0.446 e. The minimum absolute atomic E-state index is 0.00566. The van der Waals surface area contributed by atoms with Crippen LogP contribution in [0, 0.1) is 46.3 Å². The largest absolute Gasteiger partial charge is 0.446 e. The zero-order valence-corrected chi connectivity index (χ0v) is 25.5. The van der Waals surface area contributed by atoms with Crippen LogP contribution >= 0.6 is 0 Å². The molecular weight excluding hydrogens is 484 g/mol. The van der Waals surface area contributed by atoms with Crippen LogP contribution in [0.15, 0.2) is 16.6 Å². The molecule has 0 aromatic rings. The summed E-state index contributed by atoms with van der Waals surface area (Å²) >= 11 is 0. The number of aliphatic imine (C=N–C) groups is 1. The van der Waals surface area contributed by atoms with Crippen molar-refractivity contribution in [3.8, 4) is 0 Å². The fourth-order valence-electron chi connectivity index (χ4n) is 9.81. The number of fused-ring (bicyclic) bond motifs is 5. The molecular formula is C33H56N4O2. The second-order valence-electron chi connectivity index (χ2n) is 14.6. The molecule has 6 nitrogen and oxygen atoms in total. The Morgan fingerprint density at radius 1 is 1.10 bits per heavy atom. The molecule has 39 heavy (non-hydrogen) atoms. The number of guanidine groups is 1. The molecule has 0 aromatic carbocycles. The minimum atomic E-state index is -0.283. The molecule has 3 N–H and O–H groups in total. The van der Waals surface area contributed by atoms with Gasteiger partial charge in [0.15, 0.2) is 5.96 Å². The van der Waals surface area contributed by atoms with Crippen molar-refractivity contribution in [1.82, 2.24) is 16.0 Å². The summed E-state index contributed by atoms with van der Waals surface area (Å²) in [6.07, 6.45) is 16.5. The van der Waals surface area contributed by atoms with Crippen molar-refractivity contribution in [2.45, 2.75) is 111 Å². The smallest absolute Gasteiger partial charge is 0.407 e. The van der Waals surface area contributed by atoms with E-state index < -0.39 is 0 Å². The van der Waals surface area contributed by atoms with E-state index in [-0.39, 0.29) is 12.2 Å². The number of carbonyl (C=O) groups excluding carboxylic acids is 1. The highest BCUT2D eigenvalue weighted by atomic mass is 16.6. The van der Waals surface area contributed by atoms with Crippen molar-refractivity contribution in [3.05, 3.63) is 11.6 Å². The number of hydrogen-bond donors (Lipinski definition) is 3. The maximum atomic E-state index is 12.5. The van der Waals surface area contributed by atoms with Gasteiger partial charge >= 0.3 is 6.09 Å². The van der Waals surface area contributed by atoms with Crippen molar-refractivity contribution >= 4 is 12.1 Å². The quantitative estimate of drug-likeness (QED) is 0.225. The molecule has 1 amide bonds. The molecule has 6 heteroatoms. The van der Waals surface area contributed by atoms with Crippen molar-refractivity contribution < 1.29 is 9.53 Å². The molecule has 1 unspecified atom stereocenters. The summed E-state index contributed by atoms with van der Waals surface area (Å²) < 4.78 is 5.90. The molecule has 0 saturated heterocycles. The predicted molar refractivity (Wildman–Crippen MR) is 160 cm³/mol. The van der Waals surface area contributed by atoms with E-state index in [1.54, 1.807) is 5.57 Å². The first kappa shape index (κ1) is 28.8. The summed E-state index contributed by atoms with van der Waals surface area (Å²) in [6, 6.07) is 0. The van der Waals surface area contributed by atoms with Crippen LogP contribution in [0.3, 0.4) is 0 Å². The normalized spacial score (nSPS) is 38.1. The molecule has 0 spiro atoms. The average molecular weight is 541 g/mol. The van der Waals surface area contributed by atoms with Crippen LogP contribution in [0.5, 0.6) is 0 Å². The van der Waals surface area contributed by atoms with Gasteiger partial charge in [-0.05, 0) is 91.3 Å². The molecule has 1 aliphatic heterocycles. The molecule has 3 saturated carbocycles. The van der Waals surface area contributed by atoms with Crippen LogP contribution in [0.4, 0.5) is 4.79 Å². The fraction of sp³-hybridized carbons (Fsp3) is 0.879. The third-order valence-electron chi connectivity index (χ3n) is 11.9. The van der Waals surface area contributed by atoms with E-state index in [2.05, 4.69) is 61.6 Å². The van der Waals surface area contributed by atoms with Gasteiger partial charge in [-0.25, -0.2) is 4.79 Å². The summed E-state index contributed by atoms with van der Waals surface area (Å²) in [5.41, 5.74) is 2.41. The van der Waals surface area contributed by atoms with Gasteiger partial charge in [-0.1, -0.05) is 65.5 Å². The summed E-state index contributed by atoms with van der Waals surface area (Å²) in [6.45, 7) is 15.4. The molecule has 3 fully saturated rings. The number of carbonyl (C=O) groups is 1. The summed E-state index contributed by atoms with van der Waals surface area (Å²) in [5, 5.41) is 9.30. The van der Waals surface area contributed by atoms with E-state index in [1.807, 2.05) is 0 Å². The molecule has 4 aliphatic carbocycles. The Bertz CT molecular complexity index is 931. The van der Waals surface area contributed by atoms with Crippen molar-refractivity contribution in [3.63, 3.8) is 0 Å². The summed E-state index contributed by atoms with van der Waals surface area (Å²) in [5.74, 6) is 5.97. The van der Waals surface area contributed by atoms with E-state index in [4.69, 9.17) is 4.74 Å². The highest BCUT2D eigenvalue weighted by Crippen LogP contribution is 2.67. The zero-order valence-electron chi connectivity index (χ0n) is 25.5. The molecule has 220 valence electrons. The van der Waals surface area contributed by atoms with Crippen LogP contribution in [-0.4, -0.2) is 44.3 Å². The van der Waals surface area contributed by atoms with Crippen molar-refractivity contribution in [1.29, 1.82) is 0 Å². The molecule has 5 rings (SSSR count). The number of amides is 1. The number of allylic oxidation sites excluding steroid dienone is 1. The highest BCUT2D eigenvalue weighted by Gasteiger charge is 2.59. The maximum absolute atomic E-state index is 12.5. The fourth-order valence-corrected chi connectivity index (χ4v) is 9.81. The van der Waals surface area contributed by atoms with Gasteiger partial charge in [0.1, 0.15) is 6.10 Å². The monoisotopic (exact) mass is 540 g/mol. The third-order valence-corrected chi connectivity index (χ3v) is 11.9. The number of alkyl carbamates (subject to hydrolysis) is 1. The Morgan fingerprint density at radius 3 is 2.72 bits per heavy atom. The number of nitrogens with one attached hydrogen (secondary N) is 3. The summed E-state index contributed by atoms with van der Waals surface area (Å²) in [7, 11) is 0. The van der Waals surface area contributed by atoms with E-state index in [0.29, 0.717) is 23.9 Å². The second kappa shape index (κ2) is 12.0. The number of rotatable bonds is 9. The molecule has 1 heterocycles. The Labute approximate surface area is 238 Å². The Balaban J connectivity index is 1.14. The van der Waals surface area contributed by atoms with Gasteiger partial charge in [-0.15, -0.1) is 0 Å². The van der Waals surface area contributed by atoms with Crippen LogP contribution in [0.1, 0.15) is 105 Å². The highest BCUT2D eigenvalue weighted by molar-refractivity contribution is 5.81. The maximum Gasteiger partial charge on any atom is 0.407 e. The van der Waals surface area contributed by atoms with Gasteiger partial charge in [0.25, 0.3) is 0 Å². The molecule has 5 aliphatic rings. The second-order valence-corrected chi connectivity index (χ2v) is 14.6. The predicted octanol–water partition coefficient (Wildman–Crippen LogP) is 6.67. The van der Waals surface area contributed by atoms with Gasteiger partial charge in [0, 0.05) is 26.1 Å². The van der Waals surface area contributed by atoms with Crippen molar-refractivity contribution in [2.75, 3.05) is 26.2 Å². The van der Waals surface area contributed by atoms with Gasteiger partial charge in [-0.3, -0.25) is 4.99 Å². The lowest BCUT2D eigenvalue weighted by Gasteiger charge is -2.58. The van der Waals surface area contributed by atoms with Crippen LogP contribution in [-0.2, 0) is 4.74 Å². The molecule has 0 bridgehead atoms. The lowest BCUT2D eigenvalue weighted by atomic mass is 9.47. The van der Waals surface area contributed by atoms with Gasteiger partial charge in [0.2, 0.25) is 0 Å².